The summed E-state index contributed by atoms with van der Waals surface area (Å²) in [6.45, 7) is 9.00. The Morgan fingerprint density at radius 2 is 1.48 bits per heavy atom. The van der Waals surface area contributed by atoms with Crippen LogP contribution in [0.25, 0.3) is 21.9 Å². The van der Waals surface area contributed by atoms with Gasteiger partial charge in [-0.2, -0.15) is 0 Å². The maximum Gasteiger partial charge on any atom is -0.00103 e. The average Bonchev–Trinajstić information content (AvgIpc) is 2.90. The zero-order chi connectivity index (χ0) is 16.1. The minimum absolute atomic E-state index is 1.10. The highest BCUT2D eigenvalue weighted by Gasteiger charge is 2.26. The molecule has 0 fully saturated rings. The molecular formula is C23H24. The van der Waals surface area contributed by atoms with Gasteiger partial charge in [0.05, 0.1) is 0 Å². The Hall–Kier alpha value is -2.08. The molecule has 116 valence electrons. The smallest absolute Gasteiger partial charge is 0.00103 e. The highest BCUT2D eigenvalue weighted by atomic mass is 14.3. The summed E-state index contributed by atoms with van der Waals surface area (Å²) < 4.78 is 0. The van der Waals surface area contributed by atoms with Crippen LogP contribution in [0.5, 0.6) is 0 Å². The van der Waals surface area contributed by atoms with Gasteiger partial charge in [0.25, 0.3) is 0 Å². The molecule has 0 heterocycles. The molecule has 0 unspecified atom stereocenters. The highest BCUT2D eigenvalue weighted by Crippen LogP contribution is 2.45. The predicted octanol–water partition coefficient (Wildman–Crippen LogP) is 6.15. The van der Waals surface area contributed by atoms with Crippen LogP contribution in [0, 0.1) is 13.8 Å². The number of benzene rings is 3. The van der Waals surface area contributed by atoms with Crippen LogP contribution in [0.15, 0.2) is 36.4 Å². The molecule has 0 saturated carbocycles. The summed E-state index contributed by atoms with van der Waals surface area (Å²) in [5.41, 5.74) is 11.9. The number of hydrogen-bond donors (Lipinski definition) is 0. The third kappa shape index (κ3) is 2.05. The standard InChI is InChI=1S/C23H24/c1-5-17-21-12-15(4)8-10-20(21)18(6-2)23-19-9-7-14(3)11-16(19)13-22(17)23/h7-12H,5-6,13H2,1-4H3. The summed E-state index contributed by atoms with van der Waals surface area (Å²) >= 11 is 0. The monoisotopic (exact) mass is 300 g/mol. The number of aryl methyl sites for hydroxylation is 4. The second-order valence-corrected chi connectivity index (χ2v) is 6.90. The van der Waals surface area contributed by atoms with E-state index in [2.05, 4.69) is 64.1 Å². The average molecular weight is 300 g/mol. The van der Waals surface area contributed by atoms with E-state index in [0.717, 1.165) is 19.3 Å². The number of fused-ring (bicyclic) bond motifs is 4. The van der Waals surface area contributed by atoms with Crippen molar-refractivity contribution >= 4 is 10.8 Å². The van der Waals surface area contributed by atoms with Gasteiger partial charge in [-0.25, -0.2) is 0 Å². The van der Waals surface area contributed by atoms with E-state index in [1.807, 2.05) is 0 Å². The summed E-state index contributed by atoms with van der Waals surface area (Å²) in [7, 11) is 0. The Labute approximate surface area is 139 Å². The van der Waals surface area contributed by atoms with Crippen molar-refractivity contribution in [3.8, 4) is 11.1 Å². The minimum atomic E-state index is 1.10. The molecule has 1 aliphatic rings. The quantitative estimate of drug-likeness (QED) is 0.416. The second-order valence-electron chi connectivity index (χ2n) is 6.90. The molecule has 0 saturated heterocycles. The van der Waals surface area contributed by atoms with Crippen molar-refractivity contribution in [1.29, 1.82) is 0 Å². The Bertz CT molecular complexity index is 929. The zero-order valence-electron chi connectivity index (χ0n) is 14.6. The molecular weight excluding hydrogens is 276 g/mol. The first kappa shape index (κ1) is 14.5. The summed E-state index contributed by atoms with van der Waals surface area (Å²) in [6, 6.07) is 14.0. The fourth-order valence-corrected chi connectivity index (χ4v) is 4.40. The van der Waals surface area contributed by atoms with Gasteiger partial charge in [-0.3, -0.25) is 0 Å². The van der Waals surface area contributed by atoms with Crippen LogP contribution >= 0.6 is 0 Å². The largest absolute Gasteiger partial charge is 0.0613 e. The molecule has 0 aromatic heterocycles. The third-order valence-electron chi connectivity index (χ3n) is 5.40. The zero-order valence-corrected chi connectivity index (χ0v) is 14.6. The SMILES string of the molecule is CCc1c2c(c(CC)c3ccc(C)cc13)-c1ccc(C)cc1C2. The fourth-order valence-electron chi connectivity index (χ4n) is 4.40. The Morgan fingerprint density at radius 1 is 0.783 bits per heavy atom. The fraction of sp³-hybridized carbons (Fsp3) is 0.304. The normalized spacial score (nSPS) is 12.5. The Balaban J connectivity index is 2.16. The lowest BCUT2D eigenvalue weighted by Crippen LogP contribution is -1.99. The van der Waals surface area contributed by atoms with E-state index in [0.29, 0.717) is 0 Å². The van der Waals surface area contributed by atoms with E-state index >= 15 is 0 Å². The maximum atomic E-state index is 2.39. The van der Waals surface area contributed by atoms with Crippen molar-refractivity contribution in [2.75, 3.05) is 0 Å². The van der Waals surface area contributed by atoms with Gasteiger partial charge in [0.1, 0.15) is 0 Å². The van der Waals surface area contributed by atoms with Crippen molar-refractivity contribution in [3.05, 3.63) is 69.8 Å². The summed E-state index contributed by atoms with van der Waals surface area (Å²) in [4.78, 5) is 0. The van der Waals surface area contributed by atoms with Crippen LogP contribution in [0.3, 0.4) is 0 Å². The summed E-state index contributed by atoms with van der Waals surface area (Å²) in [5, 5.41) is 2.94. The van der Waals surface area contributed by atoms with Crippen LogP contribution in [0.2, 0.25) is 0 Å². The number of hydrogen-bond acceptors (Lipinski definition) is 0. The highest BCUT2D eigenvalue weighted by molar-refractivity contribution is 5.99. The van der Waals surface area contributed by atoms with E-state index in [9.17, 15) is 0 Å². The first-order valence-electron chi connectivity index (χ1n) is 8.80. The van der Waals surface area contributed by atoms with Crippen molar-refractivity contribution in [2.45, 2.75) is 47.0 Å². The van der Waals surface area contributed by atoms with Gasteiger partial charge >= 0.3 is 0 Å². The second kappa shape index (κ2) is 5.23. The topological polar surface area (TPSA) is 0 Å². The van der Waals surface area contributed by atoms with Crippen LogP contribution in [-0.4, -0.2) is 0 Å². The molecule has 0 aliphatic heterocycles. The van der Waals surface area contributed by atoms with Crippen molar-refractivity contribution in [1.82, 2.24) is 0 Å². The molecule has 0 atom stereocenters. The first-order chi connectivity index (χ1) is 11.1. The Morgan fingerprint density at radius 3 is 2.22 bits per heavy atom. The van der Waals surface area contributed by atoms with E-state index in [-0.39, 0.29) is 0 Å². The predicted molar refractivity (Wildman–Crippen MR) is 100 cm³/mol. The summed E-state index contributed by atoms with van der Waals surface area (Å²) in [5.74, 6) is 0. The van der Waals surface area contributed by atoms with Gasteiger partial charge in [0.15, 0.2) is 0 Å². The minimum Gasteiger partial charge on any atom is -0.0613 e. The molecule has 3 aromatic rings. The van der Waals surface area contributed by atoms with Crippen molar-refractivity contribution in [3.63, 3.8) is 0 Å². The van der Waals surface area contributed by atoms with Crippen molar-refractivity contribution in [2.24, 2.45) is 0 Å². The molecule has 4 rings (SSSR count). The molecule has 0 radical (unpaired) electrons. The molecule has 0 heteroatoms. The molecule has 0 N–H and O–H groups in total. The van der Waals surface area contributed by atoms with E-state index < -0.39 is 0 Å². The molecule has 0 bridgehead atoms. The van der Waals surface area contributed by atoms with Gasteiger partial charge in [-0.1, -0.05) is 61.4 Å². The molecule has 0 nitrogen and oxygen atoms in total. The van der Waals surface area contributed by atoms with Crippen molar-refractivity contribution < 1.29 is 0 Å². The first-order valence-corrected chi connectivity index (χ1v) is 8.80. The molecule has 1 aliphatic carbocycles. The molecule has 3 aromatic carbocycles. The van der Waals surface area contributed by atoms with Gasteiger partial charge in [-0.15, -0.1) is 0 Å². The molecule has 0 spiro atoms. The maximum absolute atomic E-state index is 2.39. The lowest BCUT2D eigenvalue weighted by Gasteiger charge is -2.18. The molecule has 0 amide bonds. The van der Waals surface area contributed by atoms with Gasteiger partial charge in [-0.05, 0) is 77.3 Å². The lowest BCUT2D eigenvalue weighted by atomic mass is 9.86. The van der Waals surface area contributed by atoms with Crippen LogP contribution in [0.4, 0.5) is 0 Å². The van der Waals surface area contributed by atoms with Gasteiger partial charge < -0.3 is 0 Å². The van der Waals surface area contributed by atoms with Crippen LogP contribution < -0.4 is 0 Å². The van der Waals surface area contributed by atoms with Crippen LogP contribution in [-0.2, 0) is 19.3 Å². The lowest BCUT2D eigenvalue weighted by molar-refractivity contribution is 1.08. The third-order valence-corrected chi connectivity index (χ3v) is 5.40. The van der Waals surface area contributed by atoms with E-state index in [4.69, 9.17) is 0 Å². The Kier molecular flexibility index (Phi) is 3.30. The van der Waals surface area contributed by atoms with E-state index in [1.54, 1.807) is 11.1 Å². The van der Waals surface area contributed by atoms with Gasteiger partial charge in [0, 0.05) is 0 Å². The number of rotatable bonds is 2. The van der Waals surface area contributed by atoms with Gasteiger partial charge in [0.2, 0.25) is 0 Å². The summed E-state index contributed by atoms with van der Waals surface area (Å²) in [6.07, 6.45) is 3.31. The molecule has 23 heavy (non-hydrogen) atoms. The van der Waals surface area contributed by atoms with Crippen LogP contribution in [0.1, 0.15) is 47.2 Å². The van der Waals surface area contributed by atoms with E-state index in [1.165, 1.54) is 44.2 Å².